The quantitative estimate of drug-likeness (QED) is 0.768. The van der Waals surface area contributed by atoms with Crippen molar-refractivity contribution in [3.63, 3.8) is 0 Å². The monoisotopic (exact) mass is 290 g/mol. The van der Waals surface area contributed by atoms with Gasteiger partial charge in [0.25, 0.3) is 0 Å². The Bertz CT molecular complexity index is 768. The summed E-state index contributed by atoms with van der Waals surface area (Å²) in [6.45, 7) is 2.45. The van der Waals surface area contributed by atoms with Gasteiger partial charge in [-0.1, -0.05) is 23.5 Å². The molecule has 1 aromatic heterocycles. The Morgan fingerprint density at radius 1 is 1.10 bits per heavy atom. The van der Waals surface area contributed by atoms with Crippen LogP contribution in [0.5, 0.6) is 0 Å². The fourth-order valence-electron chi connectivity index (χ4n) is 1.93. The van der Waals surface area contributed by atoms with Crippen molar-refractivity contribution in [2.45, 2.75) is 13.5 Å². The summed E-state index contributed by atoms with van der Waals surface area (Å²) in [5.41, 5.74) is 2.81. The molecule has 0 aliphatic carbocycles. The number of benzene rings is 2. The highest BCUT2D eigenvalue weighted by Gasteiger charge is 2.05. The summed E-state index contributed by atoms with van der Waals surface area (Å²) < 4.78 is 27.0. The highest BCUT2D eigenvalue weighted by atomic mass is 32.1. The number of aromatic nitrogens is 1. The summed E-state index contributed by atoms with van der Waals surface area (Å²) in [4.78, 5) is 4.45. The molecule has 0 unspecified atom stereocenters. The van der Waals surface area contributed by atoms with Crippen molar-refractivity contribution < 1.29 is 8.78 Å². The zero-order chi connectivity index (χ0) is 14.1. The lowest BCUT2D eigenvalue weighted by Gasteiger charge is -2.03. The SMILES string of the molecule is Cc1ccc2nc(NCc3ccc(F)c(F)c3)sc2c1. The van der Waals surface area contributed by atoms with E-state index in [1.165, 1.54) is 11.6 Å². The van der Waals surface area contributed by atoms with Crippen molar-refractivity contribution >= 4 is 26.7 Å². The molecule has 0 amide bonds. The van der Waals surface area contributed by atoms with Crippen LogP contribution in [0.3, 0.4) is 0 Å². The summed E-state index contributed by atoms with van der Waals surface area (Å²) in [6.07, 6.45) is 0. The molecule has 1 heterocycles. The number of hydrogen-bond acceptors (Lipinski definition) is 3. The van der Waals surface area contributed by atoms with Gasteiger partial charge >= 0.3 is 0 Å². The van der Waals surface area contributed by atoms with E-state index in [1.807, 2.05) is 19.1 Å². The first kappa shape index (κ1) is 13.0. The highest BCUT2D eigenvalue weighted by molar-refractivity contribution is 7.22. The van der Waals surface area contributed by atoms with Crippen molar-refractivity contribution in [3.05, 3.63) is 59.2 Å². The van der Waals surface area contributed by atoms with Crippen LogP contribution in [0.4, 0.5) is 13.9 Å². The van der Waals surface area contributed by atoms with Gasteiger partial charge in [-0.15, -0.1) is 0 Å². The average molecular weight is 290 g/mol. The van der Waals surface area contributed by atoms with Gasteiger partial charge in [0, 0.05) is 6.54 Å². The van der Waals surface area contributed by atoms with E-state index < -0.39 is 11.6 Å². The first-order valence-corrected chi connectivity index (χ1v) is 6.98. The maximum absolute atomic E-state index is 13.1. The molecule has 102 valence electrons. The topological polar surface area (TPSA) is 24.9 Å². The van der Waals surface area contributed by atoms with E-state index in [-0.39, 0.29) is 0 Å². The summed E-state index contributed by atoms with van der Waals surface area (Å²) in [5, 5.41) is 3.91. The van der Waals surface area contributed by atoms with Crippen molar-refractivity contribution in [2.75, 3.05) is 5.32 Å². The lowest BCUT2D eigenvalue weighted by molar-refractivity contribution is 0.507. The van der Waals surface area contributed by atoms with Gasteiger partial charge in [-0.05, 0) is 42.3 Å². The van der Waals surface area contributed by atoms with Crippen LogP contribution in [0.15, 0.2) is 36.4 Å². The number of rotatable bonds is 3. The molecular weight excluding hydrogens is 278 g/mol. The number of halogens is 2. The molecule has 5 heteroatoms. The third-order valence-corrected chi connectivity index (χ3v) is 3.95. The molecular formula is C15H12F2N2S. The third-order valence-electron chi connectivity index (χ3n) is 2.97. The molecule has 0 saturated carbocycles. The largest absolute Gasteiger partial charge is 0.357 e. The van der Waals surface area contributed by atoms with Crippen LogP contribution in [0, 0.1) is 18.6 Å². The second-order valence-electron chi connectivity index (χ2n) is 4.59. The minimum absolute atomic E-state index is 0.413. The van der Waals surface area contributed by atoms with Crippen LogP contribution in [-0.4, -0.2) is 4.98 Å². The predicted molar refractivity (Wildman–Crippen MR) is 78.0 cm³/mol. The number of nitrogens with one attached hydrogen (secondary N) is 1. The van der Waals surface area contributed by atoms with Gasteiger partial charge in [0.2, 0.25) is 0 Å². The normalized spacial score (nSPS) is 10.9. The van der Waals surface area contributed by atoms with Crippen LogP contribution in [-0.2, 0) is 6.54 Å². The van der Waals surface area contributed by atoms with E-state index in [4.69, 9.17) is 0 Å². The van der Waals surface area contributed by atoms with Crippen molar-refractivity contribution in [1.29, 1.82) is 0 Å². The number of fused-ring (bicyclic) bond motifs is 1. The van der Waals surface area contributed by atoms with Crippen LogP contribution < -0.4 is 5.32 Å². The molecule has 0 fully saturated rings. The van der Waals surface area contributed by atoms with Gasteiger partial charge in [0.15, 0.2) is 16.8 Å². The van der Waals surface area contributed by atoms with Gasteiger partial charge in [-0.25, -0.2) is 13.8 Å². The fourth-order valence-corrected chi connectivity index (χ4v) is 2.89. The summed E-state index contributed by atoms with van der Waals surface area (Å²) >= 11 is 1.55. The van der Waals surface area contributed by atoms with Gasteiger partial charge in [-0.2, -0.15) is 0 Å². The van der Waals surface area contributed by atoms with Crippen LogP contribution in [0.2, 0.25) is 0 Å². The number of aryl methyl sites for hydroxylation is 1. The number of hydrogen-bond donors (Lipinski definition) is 1. The van der Waals surface area contributed by atoms with Crippen molar-refractivity contribution in [3.8, 4) is 0 Å². The molecule has 1 N–H and O–H groups in total. The molecule has 3 aromatic rings. The van der Waals surface area contributed by atoms with Crippen LogP contribution in [0.1, 0.15) is 11.1 Å². The minimum Gasteiger partial charge on any atom is -0.357 e. The van der Waals surface area contributed by atoms with Gasteiger partial charge < -0.3 is 5.32 Å². The Morgan fingerprint density at radius 3 is 2.75 bits per heavy atom. The van der Waals surface area contributed by atoms with E-state index in [2.05, 4.69) is 16.4 Å². The van der Waals surface area contributed by atoms with Gasteiger partial charge in [0.05, 0.1) is 10.2 Å². The second kappa shape index (κ2) is 5.17. The maximum atomic E-state index is 13.1. The molecule has 0 aliphatic heterocycles. The minimum atomic E-state index is -0.829. The van der Waals surface area contributed by atoms with Crippen LogP contribution in [0.25, 0.3) is 10.2 Å². The Balaban J connectivity index is 1.77. The molecule has 0 aliphatic rings. The predicted octanol–water partition coefficient (Wildman–Crippen LogP) is 4.50. The Kier molecular flexibility index (Phi) is 3.36. The number of thiazole rings is 1. The molecule has 2 nitrogen and oxygen atoms in total. The first-order valence-electron chi connectivity index (χ1n) is 6.17. The number of nitrogens with zero attached hydrogens (tertiary/aromatic N) is 1. The molecule has 0 radical (unpaired) electrons. The standard InChI is InChI=1S/C15H12F2N2S/c1-9-2-5-13-14(6-9)20-15(19-13)18-8-10-3-4-11(16)12(17)7-10/h2-7H,8H2,1H3,(H,18,19). The van der Waals surface area contributed by atoms with Gasteiger partial charge in [0.1, 0.15) is 0 Å². The molecule has 20 heavy (non-hydrogen) atoms. The maximum Gasteiger partial charge on any atom is 0.184 e. The zero-order valence-electron chi connectivity index (χ0n) is 10.8. The van der Waals surface area contributed by atoms with Crippen molar-refractivity contribution in [2.24, 2.45) is 0 Å². The smallest absolute Gasteiger partial charge is 0.184 e. The fraction of sp³-hybridized carbons (Fsp3) is 0.133. The number of anilines is 1. The van der Waals surface area contributed by atoms with Crippen molar-refractivity contribution in [1.82, 2.24) is 4.98 Å². The van der Waals surface area contributed by atoms with E-state index >= 15 is 0 Å². The first-order chi connectivity index (χ1) is 9.61. The van der Waals surface area contributed by atoms with E-state index in [9.17, 15) is 8.78 Å². The van der Waals surface area contributed by atoms with E-state index in [1.54, 1.807) is 17.4 Å². The molecule has 0 atom stereocenters. The Labute approximate surface area is 119 Å². The van der Waals surface area contributed by atoms with E-state index in [0.29, 0.717) is 12.1 Å². The summed E-state index contributed by atoms with van der Waals surface area (Å²) in [5.74, 6) is -1.66. The Hall–Kier alpha value is -2.01. The molecule has 0 spiro atoms. The zero-order valence-corrected chi connectivity index (χ0v) is 11.6. The van der Waals surface area contributed by atoms with E-state index in [0.717, 1.165) is 21.4 Å². The summed E-state index contributed by atoms with van der Waals surface area (Å²) in [7, 11) is 0. The Morgan fingerprint density at radius 2 is 1.95 bits per heavy atom. The molecule has 0 bridgehead atoms. The molecule has 3 rings (SSSR count). The summed E-state index contributed by atoms with van der Waals surface area (Å²) in [6, 6.07) is 9.96. The molecule has 2 aromatic carbocycles. The third kappa shape index (κ3) is 2.63. The average Bonchev–Trinajstić information content (AvgIpc) is 2.82. The lowest BCUT2D eigenvalue weighted by Crippen LogP contribution is -1.99. The second-order valence-corrected chi connectivity index (χ2v) is 5.62. The van der Waals surface area contributed by atoms with Crippen LogP contribution >= 0.6 is 11.3 Å². The highest BCUT2D eigenvalue weighted by Crippen LogP contribution is 2.27. The van der Waals surface area contributed by atoms with Gasteiger partial charge in [-0.3, -0.25) is 0 Å². The molecule has 0 saturated heterocycles. The lowest BCUT2D eigenvalue weighted by atomic mass is 10.2.